The first-order valence-corrected chi connectivity index (χ1v) is 8.47. The molecule has 3 rings (SSSR count). The Hall–Kier alpha value is -3.20. The number of para-hydroxylation sites is 1. The zero-order valence-electron chi connectivity index (χ0n) is 14.7. The van der Waals surface area contributed by atoms with E-state index in [1.54, 1.807) is 30.3 Å². The predicted molar refractivity (Wildman–Crippen MR) is 99.3 cm³/mol. The summed E-state index contributed by atoms with van der Waals surface area (Å²) < 4.78 is 53.6. The second-order valence-corrected chi connectivity index (χ2v) is 6.40. The van der Waals surface area contributed by atoms with Crippen molar-refractivity contribution >= 4 is 23.2 Å². The van der Waals surface area contributed by atoms with Crippen LogP contribution in [0.25, 0.3) is 11.3 Å². The minimum absolute atomic E-state index is 0.171. The highest BCUT2D eigenvalue weighted by Gasteiger charge is 2.34. The first kappa shape index (κ1) is 20.5. The molecule has 0 bridgehead atoms. The predicted octanol–water partition coefficient (Wildman–Crippen LogP) is 4.51. The molecule has 0 fully saturated rings. The number of rotatable bonds is 3. The quantitative estimate of drug-likeness (QED) is 0.628. The van der Waals surface area contributed by atoms with Gasteiger partial charge in [-0.2, -0.15) is 18.3 Å². The maximum atomic E-state index is 14.4. The zero-order valence-corrected chi connectivity index (χ0v) is 15.5. The Balaban J connectivity index is 2.08. The number of aryl methyl sites for hydroxylation is 1. The Morgan fingerprint density at radius 3 is 2.41 bits per heavy atom. The minimum Gasteiger partial charge on any atom is -0.322 e. The van der Waals surface area contributed by atoms with Crippen LogP contribution in [0.3, 0.4) is 0 Å². The highest BCUT2D eigenvalue weighted by molar-refractivity contribution is 6.34. The lowest BCUT2D eigenvalue weighted by Gasteiger charge is -2.13. The second-order valence-electron chi connectivity index (χ2n) is 6.00. The second kappa shape index (κ2) is 7.67. The van der Waals surface area contributed by atoms with E-state index >= 15 is 0 Å². The van der Waals surface area contributed by atoms with Crippen molar-refractivity contribution in [2.24, 2.45) is 7.05 Å². The van der Waals surface area contributed by atoms with Gasteiger partial charge in [0.15, 0.2) is 0 Å². The Morgan fingerprint density at radius 1 is 1.14 bits per heavy atom. The fraction of sp³-hybridized carbons (Fsp3) is 0.105. The highest BCUT2D eigenvalue weighted by Crippen LogP contribution is 2.30. The summed E-state index contributed by atoms with van der Waals surface area (Å²) in [6.45, 7) is 0. The van der Waals surface area contributed by atoms with Crippen molar-refractivity contribution in [2.75, 3.05) is 5.32 Å². The van der Waals surface area contributed by atoms with Crippen LogP contribution in [0.4, 0.5) is 23.2 Å². The molecule has 1 amide bonds. The lowest BCUT2D eigenvalue weighted by atomic mass is 10.1. The lowest BCUT2D eigenvalue weighted by molar-refractivity contribution is -0.144. The fourth-order valence-electron chi connectivity index (χ4n) is 2.62. The van der Waals surface area contributed by atoms with Gasteiger partial charge in [-0.25, -0.2) is 4.39 Å². The molecule has 1 heterocycles. The zero-order chi connectivity index (χ0) is 21.3. The van der Waals surface area contributed by atoms with Crippen LogP contribution in [0, 0.1) is 5.82 Å². The minimum atomic E-state index is -4.81. The molecule has 2 aromatic carbocycles. The van der Waals surface area contributed by atoms with Gasteiger partial charge >= 0.3 is 6.18 Å². The van der Waals surface area contributed by atoms with Crippen molar-refractivity contribution in [1.82, 2.24) is 9.78 Å². The van der Waals surface area contributed by atoms with Crippen LogP contribution in [-0.4, -0.2) is 15.7 Å². The van der Waals surface area contributed by atoms with Gasteiger partial charge in [-0.15, -0.1) is 0 Å². The van der Waals surface area contributed by atoms with Crippen LogP contribution in [0.5, 0.6) is 0 Å². The molecule has 0 aliphatic heterocycles. The molecular weight excluding hydrogens is 414 g/mol. The van der Waals surface area contributed by atoms with E-state index in [0.717, 1.165) is 19.2 Å². The molecule has 0 atom stereocenters. The van der Waals surface area contributed by atoms with Gasteiger partial charge in [-0.05, 0) is 24.3 Å². The summed E-state index contributed by atoms with van der Waals surface area (Å²) in [6.07, 6.45) is -4.81. The fourth-order valence-corrected chi connectivity index (χ4v) is 2.85. The average molecular weight is 426 g/mol. The van der Waals surface area contributed by atoms with E-state index in [2.05, 4.69) is 10.4 Å². The molecule has 3 aromatic rings. The highest BCUT2D eigenvalue weighted by atomic mass is 35.5. The largest absolute Gasteiger partial charge is 0.433 e. The normalized spacial score (nSPS) is 11.4. The van der Waals surface area contributed by atoms with Crippen LogP contribution >= 0.6 is 11.6 Å². The van der Waals surface area contributed by atoms with Crippen molar-refractivity contribution in [2.45, 2.75) is 6.18 Å². The number of alkyl halides is 3. The third-order valence-electron chi connectivity index (χ3n) is 3.98. The molecule has 0 radical (unpaired) electrons. The van der Waals surface area contributed by atoms with Gasteiger partial charge in [-0.1, -0.05) is 29.8 Å². The lowest BCUT2D eigenvalue weighted by Crippen LogP contribution is -2.23. The number of nitrogens with one attached hydrogen (secondary N) is 1. The van der Waals surface area contributed by atoms with Gasteiger partial charge in [0.2, 0.25) is 5.43 Å². The van der Waals surface area contributed by atoms with E-state index in [-0.39, 0.29) is 10.6 Å². The maximum absolute atomic E-state index is 14.4. The Bertz CT molecular complexity index is 1140. The van der Waals surface area contributed by atoms with Crippen molar-refractivity contribution in [1.29, 1.82) is 0 Å². The molecular formula is C19H12ClF4N3O2. The van der Waals surface area contributed by atoms with Crippen molar-refractivity contribution in [3.05, 3.63) is 80.9 Å². The van der Waals surface area contributed by atoms with Gasteiger partial charge in [0.1, 0.15) is 17.2 Å². The number of amides is 1. The standard InChI is InChI=1S/C19H12ClF4N3O2/c1-27-16(19(22,23)24)9-15(28)17(26-27)12-7-11(13(20)8-14(12)21)18(29)25-10-5-3-2-4-6-10/h2-9H,1H3,(H,25,29). The number of benzene rings is 2. The molecule has 1 N–H and O–H groups in total. The molecule has 150 valence electrons. The van der Waals surface area contributed by atoms with Crippen LogP contribution < -0.4 is 10.7 Å². The van der Waals surface area contributed by atoms with Gasteiger partial charge in [0.05, 0.1) is 10.6 Å². The molecule has 0 aliphatic rings. The van der Waals surface area contributed by atoms with E-state index in [0.29, 0.717) is 16.4 Å². The molecule has 29 heavy (non-hydrogen) atoms. The van der Waals surface area contributed by atoms with E-state index in [1.807, 2.05) is 0 Å². The van der Waals surface area contributed by atoms with Crippen molar-refractivity contribution in [3.8, 4) is 11.3 Å². The SMILES string of the molecule is Cn1nc(-c2cc(C(=O)Nc3ccccc3)c(Cl)cc2F)c(=O)cc1C(F)(F)F. The summed E-state index contributed by atoms with van der Waals surface area (Å²) >= 11 is 5.95. The number of hydrogen-bond donors (Lipinski definition) is 1. The Kier molecular flexibility index (Phi) is 5.43. The van der Waals surface area contributed by atoms with Gasteiger partial charge in [0, 0.05) is 24.4 Å². The first-order valence-electron chi connectivity index (χ1n) is 8.09. The molecule has 1 aromatic heterocycles. The monoisotopic (exact) mass is 425 g/mol. The number of carbonyl (C=O) groups excluding carboxylic acids is 1. The van der Waals surface area contributed by atoms with E-state index in [9.17, 15) is 27.2 Å². The van der Waals surface area contributed by atoms with E-state index in [4.69, 9.17) is 11.6 Å². The number of halogens is 5. The van der Waals surface area contributed by atoms with Crippen molar-refractivity contribution < 1.29 is 22.4 Å². The molecule has 10 heteroatoms. The summed E-state index contributed by atoms with van der Waals surface area (Å²) in [5, 5.41) is 5.87. The Labute approximate surface area is 166 Å². The summed E-state index contributed by atoms with van der Waals surface area (Å²) in [6, 6.07) is 10.4. The maximum Gasteiger partial charge on any atom is 0.433 e. The van der Waals surface area contributed by atoms with E-state index < -0.39 is 40.3 Å². The summed E-state index contributed by atoms with van der Waals surface area (Å²) in [7, 11) is 0.975. The van der Waals surface area contributed by atoms with Crippen LogP contribution in [0.2, 0.25) is 5.02 Å². The third kappa shape index (κ3) is 4.29. The number of anilines is 1. The summed E-state index contributed by atoms with van der Waals surface area (Å²) in [5.74, 6) is -1.69. The van der Waals surface area contributed by atoms with Crippen LogP contribution in [0.15, 0.2) is 53.3 Å². The molecule has 0 saturated carbocycles. The molecule has 0 aliphatic carbocycles. The van der Waals surface area contributed by atoms with E-state index in [1.165, 1.54) is 0 Å². The third-order valence-corrected chi connectivity index (χ3v) is 4.29. The average Bonchev–Trinajstić information content (AvgIpc) is 2.63. The topological polar surface area (TPSA) is 64.0 Å². The molecule has 5 nitrogen and oxygen atoms in total. The number of aromatic nitrogens is 2. The molecule has 0 saturated heterocycles. The first-order chi connectivity index (χ1) is 13.6. The molecule has 0 unspecified atom stereocenters. The smallest absolute Gasteiger partial charge is 0.322 e. The number of hydrogen-bond acceptors (Lipinski definition) is 3. The van der Waals surface area contributed by atoms with Gasteiger partial charge < -0.3 is 5.32 Å². The number of nitrogens with zero attached hydrogens (tertiary/aromatic N) is 2. The molecule has 0 spiro atoms. The van der Waals surface area contributed by atoms with Crippen LogP contribution in [-0.2, 0) is 13.2 Å². The summed E-state index contributed by atoms with van der Waals surface area (Å²) in [5.41, 5.74) is -3.18. The Morgan fingerprint density at radius 2 is 1.79 bits per heavy atom. The summed E-state index contributed by atoms with van der Waals surface area (Å²) in [4.78, 5) is 24.7. The van der Waals surface area contributed by atoms with Crippen molar-refractivity contribution in [3.63, 3.8) is 0 Å². The number of carbonyl (C=O) groups is 1. The van der Waals surface area contributed by atoms with Gasteiger partial charge in [0.25, 0.3) is 5.91 Å². The van der Waals surface area contributed by atoms with Crippen LogP contribution in [0.1, 0.15) is 16.1 Å². The van der Waals surface area contributed by atoms with Gasteiger partial charge in [-0.3, -0.25) is 14.3 Å².